The molecular weight excluding hydrogens is 247 g/mol. The molecule has 0 aliphatic rings. The summed E-state index contributed by atoms with van der Waals surface area (Å²) in [6, 6.07) is 1.16. The van der Waals surface area contributed by atoms with Crippen molar-refractivity contribution in [3.05, 3.63) is 23.3 Å². The average Bonchev–Trinajstić information content (AvgIpc) is 2.15. The second-order valence-corrected chi connectivity index (χ2v) is 4.18. The lowest BCUT2D eigenvalue weighted by molar-refractivity contribution is 0.140. The zero-order valence-electron chi connectivity index (χ0n) is 7.49. The Kier molecular flexibility index (Phi) is 3.16. The number of alkyl halides is 2. The first-order chi connectivity index (χ1) is 7.29. The summed E-state index contributed by atoms with van der Waals surface area (Å²) in [6.45, 7) is 0. The van der Waals surface area contributed by atoms with Crippen molar-refractivity contribution in [2.45, 2.75) is 11.3 Å². The molecule has 0 aliphatic carbocycles. The molecule has 0 aromatic carbocycles. The van der Waals surface area contributed by atoms with Crippen LogP contribution >= 0.6 is 0 Å². The molecule has 0 amide bonds. The van der Waals surface area contributed by atoms with Gasteiger partial charge in [0, 0.05) is 6.20 Å². The van der Waals surface area contributed by atoms with Crippen molar-refractivity contribution in [1.82, 2.24) is 4.98 Å². The molecular formula is C7H4F3N3O2S. The predicted molar refractivity (Wildman–Crippen MR) is 45.2 cm³/mol. The summed E-state index contributed by atoms with van der Waals surface area (Å²) in [5.74, 6) is -1.68. The zero-order valence-corrected chi connectivity index (χ0v) is 8.30. The number of nitriles is 1. The van der Waals surface area contributed by atoms with Gasteiger partial charge < -0.3 is 0 Å². The third-order valence-corrected chi connectivity index (χ3v) is 2.56. The average molecular weight is 251 g/mol. The molecule has 9 heteroatoms. The van der Waals surface area contributed by atoms with Gasteiger partial charge in [-0.15, -0.1) is 0 Å². The highest BCUT2D eigenvalue weighted by atomic mass is 32.2. The van der Waals surface area contributed by atoms with Crippen LogP contribution in [-0.2, 0) is 10.0 Å². The van der Waals surface area contributed by atoms with Crippen LogP contribution in [-0.4, -0.2) is 13.4 Å². The molecule has 86 valence electrons. The first-order valence-electron chi connectivity index (χ1n) is 3.68. The number of nitrogens with two attached hydrogens (primary N) is 1. The van der Waals surface area contributed by atoms with Gasteiger partial charge in [-0.2, -0.15) is 5.26 Å². The highest BCUT2D eigenvalue weighted by Gasteiger charge is 2.25. The van der Waals surface area contributed by atoms with Crippen LogP contribution in [0.4, 0.5) is 13.2 Å². The molecule has 1 aromatic rings. The quantitative estimate of drug-likeness (QED) is 0.835. The fourth-order valence-electron chi connectivity index (χ4n) is 0.958. The Hall–Kier alpha value is -1.66. The Bertz CT molecular complexity index is 565. The predicted octanol–water partition coefficient (Wildman–Crippen LogP) is 0.677. The monoisotopic (exact) mass is 251 g/mol. The van der Waals surface area contributed by atoms with Crippen molar-refractivity contribution in [3.63, 3.8) is 0 Å². The normalized spacial score (nSPS) is 11.5. The molecule has 5 nitrogen and oxygen atoms in total. The fraction of sp³-hybridized carbons (Fsp3) is 0.143. The third kappa shape index (κ3) is 2.12. The standard InChI is InChI=1S/C7H4F3N3O2S/c8-5-3(1-11)4(16(12,14)15)2-13-6(5)7(9)10/h2,7H,(H2,12,14,15). The summed E-state index contributed by atoms with van der Waals surface area (Å²) in [5.41, 5.74) is -2.35. The molecule has 0 bridgehead atoms. The smallest absolute Gasteiger partial charge is 0.251 e. The van der Waals surface area contributed by atoms with Gasteiger partial charge in [0.2, 0.25) is 10.0 Å². The van der Waals surface area contributed by atoms with E-state index >= 15 is 0 Å². The van der Waals surface area contributed by atoms with Crippen molar-refractivity contribution in [1.29, 1.82) is 5.26 Å². The van der Waals surface area contributed by atoms with Crippen LogP contribution < -0.4 is 5.14 Å². The Morgan fingerprint density at radius 1 is 1.50 bits per heavy atom. The summed E-state index contributed by atoms with van der Waals surface area (Å²) in [5, 5.41) is 13.1. The second kappa shape index (κ2) is 4.07. The van der Waals surface area contributed by atoms with Gasteiger partial charge in [-0.3, -0.25) is 4.98 Å². The van der Waals surface area contributed by atoms with Crippen molar-refractivity contribution in [2.24, 2.45) is 5.14 Å². The van der Waals surface area contributed by atoms with Gasteiger partial charge in [0.25, 0.3) is 6.43 Å². The van der Waals surface area contributed by atoms with Crippen LogP contribution in [0.15, 0.2) is 11.1 Å². The maximum atomic E-state index is 13.2. The molecule has 1 aromatic heterocycles. The molecule has 0 saturated heterocycles. The van der Waals surface area contributed by atoms with Crippen LogP contribution in [0.25, 0.3) is 0 Å². The van der Waals surface area contributed by atoms with Gasteiger partial charge in [0.15, 0.2) is 5.82 Å². The van der Waals surface area contributed by atoms with Crippen molar-refractivity contribution in [3.8, 4) is 6.07 Å². The van der Waals surface area contributed by atoms with E-state index in [0.717, 1.165) is 6.07 Å². The molecule has 1 heterocycles. The van der Waals surface area contributed by atoms with Gasteiger partial charge >= 0.3 is 0 Å². The first kappa shape index (κ1) is 12.4. The van der Waals surface area contributed by atoms with E-state index in [1.165, 1.54) is 0 Å². The van der Waals surface area contributed by atoms with Gasteiger partial charge in [0.05, 0.1) is 0 Å². The molecule has 0 saturated carbocycles. The summed E-state index contributed by atoms with van der Waals surface area (Å²) in [6.07, 6.45) is -2.82. The number of pyridine rings is 1. The SMILES string of the molecule is N#Cc1c(S(N)(=O)=O)cnc(C(F)F)c1F. The summed E-state index contributed by atoms with van der Waals surface area (Å²) in [4.78, 5) is 2.00. The Labute approximate surface area is 88.4 Å². The number of primary sulfonamides is 1. The molecule has 1 rings (SSSR count). The van der Waals surface area contributed by atoms with E-state index in [9.17, 15) is 21.6 Å². The largest absolute Gasteiger partial charge is 0.283 e. The van der Waals surface area contributed by atoms with Gasteiger partial charge in [-0.05, 0) is 0 Å². The van der Waals surface area contributed by atoms with Crippen molar-refractivity contribution >= 4 is 10.0 Å². The van der Waals surface area contributed by atoms with Crippen molar-refractivity contribution < 1.29 is 21.6 Å². The number of halogens is 3. The lowest BCUT2D eigenvalue weighted by Gasteiger charge is -2.05. The van der Waals surface area contributed by atoms with Gasteiger partial charge in [-0.1, -0.05) is 0 Å². The maximum absolute atomic E-state index is 13.2. The Morgan fingerprint density at radius 3 is 2.44 bits per heavy atom. The molecule has 0 radical (unpaired) electrons. The molecule has 16 heavy (non-hydrogen) atoms. The number of aromatic nitrogens is 1. The van der Waals surface area contributed by atoms with Crippen LogP contribution in [0.2, 0.25) is 0 Å². The van der Waals surface area contributed by atoms with E-state index in [1.807, 2.05) is 0 Å². The van der Waals surface area contributed by atoms with E-state index in [4.69, 9.17) is 5.26 Å². The summed E-state index contributed by atoms with van der Waals surface area (Å²) >= 11 is 0. The Balaban J connectivity index is 3.62. The topological polar surface area (TPSA) is 96.8 Å². The highest BCUT2D eigenvalue weighted by Crippen LogP contribution is 2.25. The minimum absolute atomic E-state index is 0.429. The number of nitrogens with zero attached hydrogens (tertiary/aromatic N) is 2. The zero-order chi connectivity index (χ0) is 12.5. The van der Waals surface area contributed by atoms with E-state index in [1.54, 1.807) is 0 Å². The minimum atomic E-state index is -4.38. The fourth-order valence-corrected chi connectivity index (χ4v) is 1.58. The third-order valence-electron chi connectivity index (χ3n) is 1.64. The summed E-state index contributed by atoms with van der Waals surface area (Å²) in [7, 11) is -4.38. The van der Waals surface area contributed by atoms with E-state index in [0.29, 0.717) is 6.20 Å². The maximum Gasteiger partial charge on any atom is 0.283 e. The Morgan fingerprint density at radius 2 is 2.06 bits per heavy atom. The minimum Gasteiger partial charge on any atom is -0.251 e. The summed E-state index contributed by atoms with van der Waals surface area (Å²) < 4.78 is 59.3. The molecule has 0 fully saturated rings. The van der Waals surface area contributed by atoms with Gasteiger partial charge in [0.1, 0.15) is 22.2 Å². The molecule has 0 unspecified atom stereocenters. The number of rotatable bonds is 2. The molecule has 0 spiro atoms. The molecule has 2 N–H and O–H groups in total. The van der Waals surface area contributed by atoms with E-state index < -0.39 is 38.4 Å². The number of hydrogen-bond acceptors (Lipinski definition) is 4. The van der Waals surface area contributed by atoms with E-state index in [2.05, 4.69) is 10.1 Å². The lowest BCUT2D eigenvalue weighted by Crippen LogP contribution is -2.16. The lowest BCUT2D eigenvalue weighted by atomic mass is 10.2. The van der Waals surface area contributed by atoms with Crippen LogP contribution in [0, 0.1) is 17.1 Å². The molecule has 0 atom stereocenters. The first-order valence-corrected chi connectivity index (χ1v) is 5.23. The highest BCUT2D eigenvalue weighted by molar-refractivity contribution is 7.89. The van der Waals surface area contributed by atoms with Crippen LogP contribution in [0.3, 0.4) is 0 Å². The van der Waals surface area contributed by atoms with Gasteiger partial charge in [-0.25, -0.2) is 26.7 Å². The van der Waals surface area contributed by atoms with Crippen LogP contribution in [0.5, 0.6) is 0 Å². The number of sulfonamides is 1. The van der Waals surface area contributed by atoms with Crippen LogP contribution in [0.1, 0.15) is 17.7 Å². The number of hydrogen-bond donors (Lipinski definition) is 1. The van der Waals surface area contributed by atoms with E-state index in [-0.39, 0.29) is 0 Å². The molecule has 0 aliphatic heterocycles. The second-order valence-electron chi connectivity index (χ2n) is 2.65. The van der Waals surface area contributed by atoms with Crippen molar-refractivity contribution in [2.75, 3.05) is 0 Å².